The van der Waals surface area contributed by atoms with Crippen molar-refractivity contribution in [3.05, 3.63) is 36.0 Å². The molecule has 0 aliphatic carbocycles. The van der Waals surface area contributed by atoms with Gasteiger partial charge in [-0.05, 0) is 50.3 Å². The molecule has 4 rings (SSSR count). The third-order valence-corrected chi connectivity index (χ3v) is 7.22. The second-order valence-corrected chi connectivity index (χ2v) is 9.87. The van der Waals surface area contributed by atoms with Gasteiger partial charge in [-0.2, -0.15) is 0 Å². The first-order valence-electron chi connectivity index (χ1n) is 13.0. The van der Waals surface area contributed by atoms with Crippen LogP contribution in [0.1, 0.15) is 44.1 Å². The fourth-order valence-electron chi connectivity index (χ4n) is 5.22. The third kappa shape index (κ3) is 6.31. The number of benzene rings is 1. The molecular weight excluding hydrogens is 492 g/mol. The van der Waals surface area contributed by atoms with E-state index in [1.807, 2.05) is 24.3 Å². The molecule has 7 N–H and O–H groups in total. The summed E-state index contributed by atoms with van der Waals surface area (Å²) in [5.74, 6) is -3.22. The monoisotopic (exact) mass is 526 g/mol. The maximum Gasteiger partial charge on any atom is 0.326 e. The number of nitrogens with two attached hydrogens (primary N) is 1. The Morgan fingerprint density at radius 3 is 2.58 bits per heavy atom. The Kier molecular flexibility index (Phi) is 8.62. The number of primary amides is 1. The lowest BCUT2D eigenvalue weighted by molar-refractivity contribution is -0.149. The Labute approximate surface area is 219 Å². The minimum atomic E-state index is -1.09. The Hall–Kier alpha value is -3.93. The van der Waals surface area contributed by atoms with E-state index in [-0.39, 0.29) is 31.7 Å². The SMILES string of the molecule is NC(=O)CCC(NC(=O)C1CCCN1)C(=O)NC(Cc1c[nH]c2ccccc12)C(=O)N1CCCC1C(=O)O. The second kappa shape index (κ2) is 12.1. The number of para-hydroxylation sites is 1. The van der Waals surface area contributed by atoms with Crippen molar-refractivity contribution in [1.82, 2.24) is 25.8 Å². The molecule has 3 heterocycles. The zero-order chi connectivity index (χ0) is 27.2. The molecule has 204 valence electrons. The molecule has 12 heteroatoms. The van der Waals surface area contributed by atoms with Gasteiger partial charge in [-0.3, -0.25) is 19.2 Å². The lowest BCUT2D eigenvalue weighted by Gasteiger charge is -2.29. The minimum absolute atomic E-state index is 0.0327. The van der Waals surface area contributed by atoms with Gasteiger partial charge >= 0.3 is 5.97 Å². The number of aliphatic carboxylic acids is 1. The Morgan fingerprint density at radius 1 is 1.08 bits per heavy atom. The van der Waals surface area contributed by atoms with Gasteiger partial charge in [-0.1, -0.05) is 18.2 Å². The highest BCUT2D eigenvalue weighted by Gasteiger charge is 2.39. The fraction of sp³-hybridized carbons (Fsp3) is 0.500. The van der Waals surface area contributed by atoms with Crippen LogP contribution in [0, 0.1) is 0 Å². The zero-order valence-electron chi connectivity index (χ0n) is 21.1. The number of carbonyl (C=O) groups excluding carboxylic acids is 4. The molecule has 4 unspecified atom stereocenters. The molecular formula is C26H34N6O6. The molecule has 0 bridgehead atoms. The quantitative estimate of drug-likeness (QED) is 0.233. The van der Waals surface area contributed by atoms with Crippen LogP contribution in [0.25, 0.3) is 10.9 Å². The van der Waals surface area contributed by atoms with Crippen LogP contribution in [0.2, 0.25) is 0 Å². The van der Waals surface area contributed by atoms with Crippen molar-refractivity contribution in [3.63, 3.8) is 0 Å². The van der Waals surface area contributed by atoms with Crippen molar-refractivity contribution in [2.24, 2.45) is 5.73 Å². The third-order valence-electron chi connectivity index (χ3n) is 7.22. The first-order chi connectivity index (χ1) is 18.2. The van der Waals surface area contributed by atoms with E-state index in [0.717, 1.165) is 22.9 Å². The number of carbonyl (C=O) groups is 5. The van der Waals surface area contributed by atoms with Crippen molar-refractivity contribution in [1.29, 1.82) is 0 Å². The van der Waals surface area contributed by atoms with Crippen LogP contribution >= 0.6 is 0 Å². The lowest BCUT2D eigenvalue weighted by atomic mass is 10.0. The average Bonchev–Trinajstić information content (AvgIpc) is 3.66. The second-order valence-electron chi connectivity index (χ2n) is 9.87. The van der Waals surface area contributed by atoms with E-state index in [2.05, 4.69) is 20.9 Å². The van der Waals surface area contributed by atoms with Gasteiger partial charge in [0.2, 0.25) is 23.6 Å². The summed E-state index contributed by atoms with van der Waals surface area (Å²) in [4.78, 5) is 67.5. The molecule has 2 aliphatic heterocycles. The van der Waals surface area contributed by atoms with Crippen molar-refractivity contribution in [2.75, 3.05) is 13.1 Å². The smallest absolute Gasteiger partial charge is 0.326 e. The molecule has 0 saturated carbocycles. The largest absolute Gasteiger partial charge is 0.480 e. The van der Waals surface area contributed by atoms with E-state index in [1.165, 1.54) is 4.90 Å². The zero-order valence-corrected chi connectivity index (χ0v) is 21.1. The average molecular weight is 527 g/mol. The van der Waals surface area contributed by atoms with Gasteiger partial charge in [0.15, 0.2) is 0 Å². The summed E-state index contributed by atoms with van der Waals surface area (Å²) in [6.45, 7) is 0.962. The molecule has 4 atom stereocenters. The molecule has 0 radical (unpaired) electrons. The molecule has 1 aromatic carbocycles. The highest BCUT2D eigenvalue weighted by atomic mass is 16.4. The number of H-pyrrole nitrogens is 1. The summed E-state index contributed by atoms with van der Waals surface area (Å²) in [6.07, 6.45) is 4.04. The number of fused-ring (bicyclic) bond motifs is 1. The van der Waals surface area contributed by atoms with Crippen LogP contribution < -0.4 is 21.7 Å². The van der Waals surface area contributed by atoms with Crippen LogP contribution in [0.15, 0.2) is 30.5 Å². The number of aromatic amines is 1. The van der Waals surface area contributed by atoms with E-state index < -0.39 is 47.9 Å². The predicted octanol–water partition coefficient (Wildman–Crippen LogP) is -0.227. The highest BCUT2D eigenvalue weighted by Crippen LogP contribution is 2.23. The summed E-state index contributed by atoms with van der Waals surface area (Å²) in [6, 6.07) is 3.94. The number of nitrogens with zero attached hydrogens (tertiary/aromatic N) is 1. The number of amides is 4. The Bertz CT molecular complexity index is 1210. The summed E-state index contributed by atoms with van der Waals surface area (Å²) in [5.41, 5.74) is 6.93. The van der Waals surface area contributed by atoms with Gasteiger partial charge in [0.1, 0.15) is 18.1 Å². The molecule has 0 spiro atoms. The standard InChI is InChI=1S/C26H34N6O6/c27-22(33)10-9-19(30-23(34)18-7-3-11-28-18)24(35)31-20(25(36)32-12-4-8-21(32)26(37)38)13-15-14-29-17-6-2-1-5-16(15)17/h1-2,5-6,14,18-21,28-29H,3-4,7-13H2,(H2,27,33)(H,30,34)(H,31,35)(H,37,38). The molecule has 1 aromatic heterocycles. The maximum atomic E-state index is 13.6. The lowest BCUT2D eigenvalue weighted by Crippen LogP contribution is -2.57. The van der Waals surface area contributed by atoms with Crippen LogP contribution in [0.3, 0.4) is 0 Å². The summed E-state index contributed by atoms with van der Waals surface area (Å²) in [5, 5.41) is 19.0. The van der Waals surface area contributed by atoms with Gasteiger partial charge in [0.25, 0.3) is 0 Å². The first kappa shape index (κ1) is 27.1. The number of likely N-dealkylation sites (tertiary alicyclic amines) is 1. The van der Waals surface area contributed by atoms with Crippen molar-refractivity contribution in [2.45, 2.75) is 69.1 Å². The molecule has 4 amide bonds. The highest BCUT2D eigenvalue weighted by molar-refractivity contribution is 5.95. The van der Waals surface area contributed by atoms with Crippen molar-refractivity contribution < 1.29 is 29.1 Å². The number of carboxylic acid groups (broad SMARTS) is 1. The van der Waals surface area contributed by atoms with Gasteiger partial charge < -0.3 is 36.7 Å². The van der Waals surface area contributed by atoms with Gasteiger partial charge in [0.05, 0.1) is 6.04 Å². The molecule has 2 aromatic rings. The Morgan fingerprint density at radius 2 is 1.87 bits per heavy atom. The molecule has 2 fully saturated rings. The van der Waals surface area contributed by atoms with E-state index in [4.69, 9.17) is 5.73 Å². The normalized spacial score (nSPS) is 20.7. The number of rotatable bonds is 11. The number of hydrogen-bond acceptors (Lipinski definition) is 6. The first-order valence-corrected chi connectivity index (χ1v) is 13.0. The Balaban J connectivity index is 1.57. The number of aromatic nitrogens is 1. The number of hydrogen-bond donors (Lipinski definition) is 6. The van der Waals surface area contributed by atoms with E-state index in [1.54, 1.807) is 6.20 Å². The van der Waals surface area contributed by atoms with Crippen molar-refractivity contribution in [3.8, 4) is 0 Å². The number of carboxylic acids is 1. The summed E-state index contributed by atoms with van der Waals surface area (Å²) in [7, 11) is 0. The summed E-state index contributed by atoms with van der Waals surface area (Å²) < 4.78 is 0. The topological polar surface area (TPSA) is 187 Å². The minimum Gasteiger partial charge on any atom is -0.480 e. The summed E-state index contributed by atoms with van der Waals surface area (Å²) >= 11 is 0. The number of nitrogens with one attached hydrogen (secondary N) is 4. The molecule has 12 nitrogen and oxygen atoms in total. The van der Waals surface area contributed by atoms with E-state index >= 15 is 0 Å². The molecule has 38 heavy (non-hydrogen) atoms. The van der Waals surface area contributed by atoms with Crippen molar-refractivity contribution >= 4 is 40.5 Å². The van der Waals surface area contributed by atoms with Crippen LogP contribution in [0.5, 0.6) is 0 Å². The molecule has 2 saturated heterocycles. The van der Waals surface area contributed by atoms with Gasteiger partial charge in [-0.15, -0.1) is 0 Å². The fourth-order valence-corrected chi connectivity index (χ4v) is 5.22. The molecule has 2 aliphatic rings. The predicted molar refractivity (Wildman–Crippen MR) is 138 cm³/mol. The maximum absolute atomic E-state index is 13.6. The van der Waals surface area contributed by atoms with Crippen LogP contribution in [-0.4, -0.2) is 81.8 Å². The van der Waals surface area contributed by atoms with Crippen LogP contribution in [-0.2, 0) is 30.4 Å². The van der Waals surface area contributed by atoms with E-state index in [9.17, 15) is 29.1 Å². The van der Waals surface area contributed by atoms with Gasteiger partial charge in [0, 0.05) is 36.5 Å². The van der Waals surface area contributed by atoms with E-state index in [0.29, 0.717) is 25.8 Å². The van der Waals surface area contributed by atoms with Crippen LogP contribution in [0.4, 0.5) is 0 Å². The van der Waals surface area contributed by atoms with Gasteiger partial charge in [-0.25, -0.2) is 4.79 Å².